The zero-order valence-electron chi connectivity index (χ0n) is 8.09. The molecule has 1 heterocycles. The first-order chi connectivity index (χ1) is 7.16. The van der Waals surface area contributed by atoms with Gasteiger partial charge in [0.25, 0.3) is 0 Å². The fourth-order valence-electron chi connectivity index (χ4n) is 1.40. The van der Waals surface area contributed by atoms with Gasteiger partial charge in [0.2, 0.25) is 5.91 Å². The summed E-state index contributed by atoms with van der Waals surface area (Å²) in [6.45, 7) is 1.83. The summed E-state index contributed by atoms with van der Waals surface area (Å²) in [5.41, 5.74) is 6.42. The van der Waals surface area contributed by atoms with Gasteiger partial charge in [-0.1, -0.05) is 11.6 Å². The molecule has 1 aromatic carbocycles. The lowest BCUT2D eigenvalue weighted by molar-refractivity contribution is 0.100. The van der Waals surface area contributed by atoms with E-state index in [9.17, 15) is 4.79 Å². The second-order valence-electron chi connectivity index (χ2n) is 3.56. The second kappa shape index (κ2) is 4.08. The lowest BCUT2D eigenvalue weighted by Crippen LogP contribution is -2.51. The molecule has 4 nitrogen and oxygen atoms in total. The van der Waals surface area contributed by atoms with Crippen LogP contribution in [0.25, 0.3) is 0 Å². The van der Waals surface area contributed by atoms with Gasteiger partial charge in [-0.3, -0.25) is 4.79 Å². The van der Waals surface area contributed by atoms with Crippen LogP contribution < -0.4 is 16.4 Å². The largest absolute Gasteiger partial charge is 0.379 e. The summed E-state index contributed by atoms with van der Waals surface area (Å²) >= 11 is 5.99. The van der Waals surface area contributed by atoms with Crippen molar-refractivity contribution in [2.45, 2.75) is 6.04 Å². The van der Waals surface area contributed by atoms with Crippen LogP contribution in [0.15, 0.2) is 18.2 Å². The molecule has 0 unspecified atom stereocenters. The van der Waals surface area contributed by atoms with Gasteiger partial charge in [0.1, 0.15) is 0 Å². The van der Waals surface area contributed by atoms with Gasteiger partial charge in [0, 0.05) is 18.7 Å². The van der Waals surface area contributed by atoms with Gasteiger partial charge in [-0.15, -0.1) is 0 Å². The maximum atomic E-state index is 11.0. The first-order valence-electron chi connectivity index (χ1n) is 4.73. The van der Waals surface area contributed by atoms with Gasteiger partial charge in [0.15, 0.2) is 0 Å². The predicted octanol–water partition coefficient (Wildman–Crippen LogP) is 0.823. The molecule has 2 rings (SSSR count). The highest BCUT2D eigenvalue weighted by atomic mass is 35.5. The summed E-state index contributed by atoms with van der Waals surface area (Å²) in [4.78, 5) is 11.0. The Bertz CT molecular complexity index is 390. The number of nitrogens with one attached hydrogen (secondary N) is 2. The van der Waals surface area contributed by atoms with Crippen LogP contribution in [-0.4, -0.2) is 25.0 Å². The quantitative estimate of drug-likeness (QED) is 0.714. The number of carbonyl (C=O) groups is 1. The normalized spacial score (nSPS) is 15.8. The molecule has 0 aromatic heterocycles. The highest BCUT2D eigenvalue weighted by Gasteiger charge is 2.17. The molecular weight excluding hydrogens is 214 g/mol. The van der Waals surface area contributed by atoms with Crippen LogP contribution in [0.2, 0.25) is 5.02 Å². The highest BCUT2D eigenvalue weighted by Crippen LogP contribution is 2.24. The number of benzene rings is 1. The standard InChI is InChI=1S/C10H12ClN3O/c11-8-2-1-6(10(12)15)3-9(8)14-7-4-13-5-7/h1-3,7,13-14H,4-5H2,(H2,12,15). The van der Waals surface area contributed by atoms with Crippen LogP contribution in [0.3, 0.4) is 0 Å². The van der Waals surface area contributed by atoms with E-state index in [1.54, 1.807) is 18.2 Å². The van der Waals surface area contributed by atoms with Gasteiger partial charge in [0.05, 0.1) is 16.8 Å². The van der Waals surface area contributed by atoms with Crippen LogP contribution in [0.4, 0.5) is 5.69 Å². The minimum absolute atomic E-state index is 0.380. The molecule has 0 saturated carbocycles. The Morgan fingerprint density at radius 1 is 1.53 bits per heavy atom. The van der Waals surface area contributed by atoms with E-state index in [-0.39, 0.29) is 0 Å². The third kappa shape index (κ3) is 2.22. The number of amides is 1. The van der Waals surface area contributed by atoms with E-state index in [4.69, 9.17) is 17.3 Å². The predicted molar refractivity (Wildman–Crippen MR) is 60.3 cm³/mol. The maximum Gasteiger partial charge on any atom is 0.248 e. The molecule has 1 saturated heterocycles. The Kier molecular flexibility index (Phi) is 2.79. The fraction of sp³-hybridized carbons (Fsp3) is 0.300. The Balaban J connectivity index is 2.19. The van der Waals surface area contributed by atoms with Gasteiger partial charge in [-0.05, 0) is 18.2 Å². The van der Waals surface area contributed by atoms with E-state index >= 15 is 0 Å². The third-order valence-corrected chi connectivity index (χ3v) is 2.72. The summed E-state index contributed by atoms with van der Waals surface area (Å²) in [7, 11) is 0. The molecule has 1 fully saturated rings. The van der Waals surface area contributed by atoms with Crippen molar-refractivity contribution in [1.82, 2.24) is 5.32 Å². The number of hydrogen-bond donors (Lipinski definition) is 3. The van der Waals surface area contributed by atoms with Crippen LogP contribution in [-0.2, 0) is 0 Å². The van der Waals surface area contributed by atoms with Crippen LogP contribution in [0, 0.1) is 0 Å². The number of halogens is 1. The first kappa shape index (κ1) is 10.3. The van der Waals surface area contributed by atoms with Crippen molar-refractivity contribution in [2.75, 3.05) is 18.4 Å². The van der Waals surface area contributed by atoms with Crippen molar-refractivity contribution >= 4 is 23.2 Å². The lowest BCUT2D eigenvalue weighted by Gasteiger charge is -2.29. The minimum atomic E-state index is -0.443. The highest BCUT2D eigenvalue weighted by molar-refractivity contribution is 6.33. The molecule has 4 N–H and O–H groups in total. The number of anilines is 1. The third-order valence-electron chi connectivity index (χ3n) is 2.39. The van der Waals surface area contributed by atoms with Crippen molar-refractivity contribution in [2.24, 2.45) is 5.73 Å². The summed E-state index contributed by atoms with van der Waals surface area (Å²) in [5.74, 6) is -0.443. The van der Waals surface area contributed by atoms with Gasteiger partial charge in [-0.25, -0.2) is 0 Å². The van der Waals surface area contributed by atoms with E-state index in [1.165, 1.54) is 0 Å². The number of hydrogen-bond acceptors (Lipinski definition) is 3. The monoisotopic (exact) mass is 225 g/mol. The second-order valence-corrected chi connectivity index (χ2v) is 3.97. The van der Waals surface area contributed by atoms with Crippen molar-refractivity contribution in [3.63, 3.8) is 0 Å². The fourth-order valence-corrected chi connectivity index (χ4v) is 1.57. The Labute approximate surface area is 92.8 Å². The zero-order chi connectivity index (χ0) is 10.8. The molecule has 0 spiro atoms. The molecule has 0 bridgehead atoms. The number of rotatable bonds is 3. The van der Waals surface area contributed by atoms with E-state index in [0.717, 1.165) is 18.8 Å². The lowest BCUT2D eigenvalue weighted by atomic mass is 10.1. The molecule has 1 amide bonds. The summed E-state index contributed by atoms with van der Waals surface area (Å²) in [6, 6.07) is 5.36. The number of nitrogens with two attached hydrogens (primary N) is 1. The van der Waals surface area contributed by atoms with Crippen LogP contribution >= 0.6 is 11.6 Å². The summed E-state index contributed by atoms with van der Waals surface area (Å²) < 4.78 is 0. The number of carbonyl (C=O) groups excluding carboxylic acids is 1. The van der Waals surface area contributed by atoms with Crippen molar-refractivity contribution in [3.8, 4) is 0 Å². The molecule has 5 heteroatoms. The minimum Gasteiger partial charge on any atom is -0.379 e. The Morgan fingerprint density at radius 3 is 2.80 bits per heavy atom. The molecule has 1 aliphatic heterocycles. The van der Waals surface area contributed by atoms with Gasteiger partial charge in [-0.2, -0.15) is 0 Å². The molecule has 80 valence electrons. The zero-order valence-corrected chi connectivity index (χ0v) is 8.84. The van der Waals surface area contributed by atoms with Crippen LogP contribution in [0.1, 0.15) is 10.4 Å². The molecule has 15 heavy (non-hydrogen) atoms. The van der Waals surface area contributed by atoms with Crippen molar-refractivity contribution in [3.05, 3.63) is 28.8 Å². The molecule has 0 atom stereocenters. The topological polar surface area (TPSA) is 67.2 Å². The molecular formula is C10H12ClN3O. The SMILES string of the molecule is NC(=O)c1ccc(Cl)c(NC2CNC2)c1. The summed E-state index contributed by atoms with van der Waals surface area (Å²) in [5, 5.41) is 6.98. The van der Waals surface area contributed by atoms with Crippen molar-refractivity contribution < 1.29 is 4.79 Å². The summed E-state index contributed by atoms with van der Waals surface area (Å²) in [6.07, 6.45) is 0. The van der Waals surface area contributed by atoms with E-state index < -0.39 is 5.91 Å². The average molecular weight is 226 g/mol. The molecule has 0 aliphatic carbocycles. The van der Waals surface area contributed by atoms with Gasteiger partial charge >= 0.3 is 0 Å². The van der Waals surface area contributed by atoms with E-state index in [2.05, 4.69) is 10.6 Å². The van der Waals surface area contributed by atoms with E-state index in [1.807, 2.05) is 0 Å². The van der Waals surface area contributed by atoms with Crippen molar-refractivity contribution in [1.29, 1.82) is 0 Å². The first-order valence-corrected chi connectivity index (χ1v) is 5.11. The molecule has 1 aromatic rings. The maximum absolute atomic E-state index is 11.0. The van der Waals surface area contributed by atoms with E-state index in [0.29, 0.717) is 16.6 Å². The average Bonchev–Trinajstić information content (AvgIpc) is 2.13. The number of primary amides is 1. The Hall–Kier alpha value is -1.26. The van der Waals surface area contributed by atoms with Crippen LogP contribution in [0.5, 0.6) is 0 Å². The van der Waals surface area contributed by atoms with Gasteiger partial charge < -0.3 is 16.4 Å². The Morgan fingerprint density at radius 2 is 2.27 bits per heavy atom. The smallest absolute Gasteiger partial charge is 0.248 e. The molecule has 1 aliphatic rings. The molecule has 0 radical (unpaired) electrons.